The number of anilines is 1. The molecule has 0 aliphatic rings. The molecule has 0 bridgehead atoms. The van der Waals surface area contributed by atoms with Gasteiger partial charge in [0.25, 0.3) is 0 Å². The molecule has 0 atom stereocenters. The van der Waals surface area contributed by atoms with Crippen LogP contribution in [0.25, 0.3) is 5.53 Å². The first-order chi connectivity index (χ1) is 7.88. The zero-order valence-electron chi connectivity index (χ0n) is 10.6. The van der Waals surface area contributed by atoms with Crippen LogP contribution < -0.4 is 4.90 Å². The maximum absolute atomic E-state index is 12.2. The van der Waals surface area contributed by atoms with Crippen LogP contribution in [-0.4, -0.2) is 23.5 Å². The molecule has 0 fully saturated rings. The predicted octanol–water partition coefficient (Wildman–Crippen LogP) is 2.37. The van der Waals surface area contributed by atoms with Gasteiger partial charge in [0.2, 0.25) is 0 Å². The molecule has 0 radical (unpaired) electrons. The Bertz CT molecular complexity index is 453. The Morgan fingerprint density at radius 1 is 1.24 bits per heavy atom. The fourth-order valence-corrected chi connectivity index (χ4v) is 1.44. The van der Waals surface area contributed by atoms with Crippen molar-refractivity contribution in [1.82, 2.24) is 0 Å². The standard InChI is InChI=1S/C13H17N3O/c1-13(2,3)11(15-14)12(17)16(4)10-8-6-5-7-9-10/h5-9H,1-4H3. The quantitative estimate of drug-likeness (QED) is 0.438. The van der Waals surface area contributed by atoms with Crippen LogP contribution in [0.3, 0.4) is 0 Å². The number of carbonyl (C=O) groups excluding carboxylic acids is 1. The summed E-state index contributed by atoms with van der Waals surface area (Å²) in [5, 5.41) is 0. The highest BCUT2D eigenvalue weighted by molar-refractivity contribution is 6.42. The van der Waals surface area contributed by atoms with Gasteiger partial charge in [-0.25, -0.2) is 0 Å². The van der Waals surface area contributed by atoms with Gasteiger partial charge < -0.3 is 10.4 Å². The summed E-state index contributed by atoms with van der Waals surface area (Å²) in [4.78, 5) is 16.8. The topological polar surface area (TPSA) is 56.7 Å². The molecule has 0 N–H and O–H groups in total. The first-order valence-corrected chi connectivity index (χ1v) is 5.43. The molecule has 0 saturated carbocycles. The Morgan fingerprint density at radius 2 is 1.76 bits per heavy atom. The minimum Gasteiger partial charge on any atom is -0.361 e. The molecule has 1 amide bonds. The number of hydrogen-bond acceptors (Lipinski definition) is 1. The fourth-order valence-electron chi connectivity index (χ4n) is 1.44. The molecule has 0 heterocycles. The van der Waals surface area contributed by atoms with Gasteiger partial charge in [-0.05, 0) is 32.9 Å². The van der Waals surface area contributed by atoms with Crippen molar-refractivity contribution >= 4 is 17.3 Å². The van der Waals surface area contributed by atoms with Crippen molar-refractivity contribution in [3.8, 4) is 0 Å². The summed E-state index contributed by atoms with van der Waals surface area (Å²) in [5.74, 6) is -0.300. The largest absolute Gasteiger partial charge is 0.361 e. The van der Waals surface area contributed by atoms with E-state index in [1.54, 1.807) is 7.05 Å². The Kier molecular flexibility index (Phi) is 3.81. The maximum Gasteiger partial charge on any atom is 0.361 e. The summed E-state index contributed by atoms with van der Waals surface area (Å²) in [6.07, 6.45) is 0. The average Bonchev–Trinajstić information content (AvgIpc) is 2.28. The summed E-state index contributed by atoms with van der Waals surface area (Å²) in [6, 6.07) is 9.25. The summed E-state index contributed by atoms with van der Waals surface area (Å²) in [5.41, 5.74) is 9.39. The van der Waals surface area contributed by atoms with E-state index in [4.69, 9.17) is 5.53 Å². The minimum absolute atomic E-state index is 0.142. The number of amides is 1. The van der Waals surface area contributed by atoms with E-state index in [2.05, 4.69) is 4.79 Å². The van der Waals surface area contributed by atoms with Gasteiger partial charge in [0.05, 0.1) is 5.41 Å². The average molecular weight is 231 g/mol. The molecule has 0 aliphatic heterocycles. The molecule has 4 nitrogen and oxygen atoms in total. The lowest BCUT2D eigenvalue weighted by Crippen LogP contribution is -2.40. The molecule has 1 rings (SSSR count). The molecule has 0 aliphatic carbocycles. The molecule has 0 saturated heterocycles. The van der Waals surface area contributed by atoms with Crippen molar-refractivity contribution < 1.29 is 9.58 Å². The second-order valence-corrected chi connectivity index (χ2v) is 4.90. The maximum atomic E-state index is 12.2. The minimum atomic E-state index is -0.491. The summed E-state index contributed by atoms with van der Waals surface area (Å²) in [6.45, 7) is 5.50. The molecular formula is C13H17N3O. The lowest BCUT2D eigenvalue weighted by atomic mass is 9.89. The number of rotatable bonds is 2. The van der Waals surface area contributed by atoms with E-state index >= 15 is 0 Å². The molecule has 0 spiro atoms. The van der Waals surface area contributed by atoms with Gasteiger partial charge in [-0.1, -0.05) is 18.2 Å². The Labute approximate surface area is 101 Å². The molecule has 0 aromatic heterocycles. The van der Waals surface area contributed by atoms with E-state index in [1.807, 2.05) is 51.1 Å². The first-order valence-electron chi connectivity index (χ1n) is 5.43. The second kappa shape index (κ2) is 4.93. The number of benzene rings is 1. The highest BCUT2D eigenvalue weighted by Crippen LogP contribution is 2.19. The van der Waals surface area contributed by atoms with Crippen LogP contribution in [-0.2, 0) is 4.79 Å². The van der Waals surface area contributed by atoms with Crippen LogP contribution in [0.4, 0.5) is 5.69 Å². The third-order valence-electron chi connectivity index (χ3n) is 2.46. The van der Waals surface area contributed by atoms with Crippen LogP contribution in [0.2, 0.25) is 0 Å². The van der Waals surface area contributed by atoms with Gasteiger partial charge in [-0.2, -0.15) is 4.79 Å². The third-order valence-corrected chi connectivity index (χ3v) is 2.46. The third kappa shape index (κ3) is 3.02. The Balaban J connectivity index is 3.03. The van der Waals surface area contributed by atoms with Crippen LogP contribution in [0.5, 0.6) is 0 Å². The van der Waals surface area contributed by atoms with Crippen molar-refractivity contribution in [2.75, 3.05) is 11.9 Å². The van der Waals surface area contributed by atoms with Gasteiger partial charge in [0.15, 0.2) is 0 Å². The van der Waals surface area contributed by atoms with Gasteiger partial charge >= 0.3 is 11.6 Å². The predicted molar refractivity (Wildman–Crippen MR) is 67.9 cm³/mol. The monoisotopic (exact) mass is 231 g/mol. The molecule has 17 heavy (non-hydrogen) atoms. The van der Waals surface area contributed by atoms with Crippen LogP contribution in [0.1, 0.15) is 20.8 Å². The highest BCUT2D eigenvalue weighted by atomic mass is 16.2. The lowest BCUT2D eigenvalue weighted by molar-refractivity contribution is -0.118. The normalized spacial score (nSPS) is 10.6. The highest BCUT2D eigenvalue weighted by Gasteiger charge is 2.36. The van der Waals surface area contributed by atoms with E-state index in [9.17, 15) is 4.79 Å². The van der Waals surface area contributed by atoms with Gasteiger partial charge in [0, 0.05) is 12.7 Å². The van der Waals surface area contributed by atoms with Gasteiger partial charge in [-0.3, -0.25) is 4.79 Å². The molecule has 4 heteroatoms. The van der Waals surface area contributed by atoms with Crippen LogP contribution >= 0.6 is 0 Å². The number of para-hydroxylation sites is 1. The van der Waals surface area contributed by atoms with E-state index in [1.165, 1.54) is 4.90 Å². The number of hydrogen-bond donors (Lipinski definition) is 0. The van der Waals surface area contributed by atoms with Crippen molar-refractivity contribution in [3.05, 3.63) is 35.9 Å². The van der Waals surface area contributed by atoms with Gasteiger partial charge in [0.1, 0.15) is 0 Å². The van der Waals surface area contributed by atoms with Crippen molar-refractivity contribution in [3.63, 3.8) is 0 Å². The molecule has 1 aromatic carbocycles. The summed E-state index contributed by atoms with van der Waals surface area (Å²) in [7, 11) is 1.66. The van der Waals surface area contributed by atoms with Crippen LogP contribution in [0, 0.1) is 5.41 Å². The van der Waals surface area contributed by atoms with Gasteiger partial charge in [-0.15, -0.1) is 0 Å². The Hall–Kier alpha value is -1.93. The summed E-state index contributed by atoms with van der Waals surface area (Å²) < 4.78 is 0. The lowest BCUT2D eigenvalue weighted by Gasteiger charge is -2.19. The van der Waals surface area contributed by atoms with Crippen molar-refractivity contribution in [2.24, 2.45) is 5.41 Å². The molecule has 0 unspecified atom stereocenters. The van der Waals surface area contributed by atoms with E-state index in [-0.39, 0.29) is 11.6 Å². The second-order valence-electron chi connectivity index (χ2n) is 4.90. The van der Waals surface area contributed by atoms with E-state index in [0.29, 0.717) is 0 Å². The first kappa shape index (κ1) is 13.1. The zero-order valence-corrected chi connectivity index (χ0v) is 10.6. The molecular weight excluding hydrogens is 214 g/mol. The molecule has 1 aromatic rings. The van der Waals surface area contributed by atoms with Crippen molar-refractivity contribution in [1.29, 1.82) is 0 Å². The van der Waals surface area contributed by atoms with E-state index in [0.717, 1.165) is 5.69 Å². The fraction of sp³-hybridized carbons (Fsp3) is 0.385. The smallest absolute Gasteiger partial charge is 0.361 e. The van der Waals surface area contributed by atoms with Crippen LogP contribution in [0.15, 0.2) is 30.3 Å². The zero-order chi connectivity index (χ0) is 13.1. The number of nitrogens with zero attached hydrogens (tertiary/aromatic N) is 3. The number of carbonyl (C=O) groups is 1. The molecule has 90 valence electrons. The van der Waals surface area contributed by atoms with Crippen molar-refractivity contribution in [2.45, 2.75) is 20.8 Å². The summed E-state index contributed by atoms with van der Waals surface area (Å²) >= 11 is 0. The SMILES string of the molecule is CN(C(=O)C(=[N+]=[N-])C(C)(C)C)c1ccccc1. The van der Waals surface area contributed by atoms with E-state index < -0.39 is 5.41 Å². The Morgan fingerprint density at radius 3 is 2.18 bits per heavy atom.